The molecule has 2 amide bonds. The molecule has 2 aromatic rings. The molecule has 0 aliphatic carbocycles. The average Bonchev–Trinajstić information content (AvgIpc) is 2.90. The number of para-hydroxylation sites is 1. The summed E-state index contributed by atoms with van der Waals surface area (Å²) < 4.78 is 10.6. The standard InChI is InChI=1S/C18H15ClN2O4/c1-24-15-10-12(19)8-11(16(15)25-2)9-14-17(22)20-21(18(14)23)13-6-4-3-5-7-13/h3-10H,1-2H3,(H,20,22)/b14-9+. The lowest BCUT2D eigenvalue weighted by Crippen LogP contribution is -2.35. The van der Waals surface area contributed by atoms with Gasteiger partial charge >= 0.3 is 0 Å². The summed E-state index contributed by atoms with van der Waals surface area (Å²) in [6.07, 6.45) is 1.44. The SMILES string of the molecule is COc1cc(Cl)cc(/C=C2\C(=O)NN(c3ccccc3)C2=O)c1OC. The molecular formula is C18H15ClN2O4. The van der Waals surface area contributed by atoms with E-state index in [9.17, 15) is 9.59 Å². The molecule has 0 atom stereocenters. The highest BCUT2D eigenvalue weighted by molar-refractivity contribution is 6.32. The lowest BCUT2D eigenvalue weighted by Gasteiger charge is -2.14. The predicted octanol–water partition coefficient (Wildman–Crippen LogP) is 2.82. The van der Waals surface area contributed by atoms with Crippen LogP contribution in [0.25, 0.3) is 6.08 Å². The fourth-order valence-electron chi connectivity index (χ4n) is 2.54. The number of rotatable bonds is 4. The minimum atomic E-state index is -0.505. The zero-order valence-electron chi connectivity index (χ0n) is 13.6. The minimum absolute atomic E-state index is 0.0218. The third-order valence-corrected chi connectivity index (χ3v) is 3.90. The summed E-state index contributed by atoms with van der Waals surface area (Å²) in [5.74, 6) is -0.169. The van der Waals surface area contributed by atoms with Gasteiger partial charge in [-0.15, -0.1) is 0 Å². The van der Waals surface area contributed by atoms with Crippen LogP contribution in [0.1, 0.15) is 5.56 Å². The average molecular weight is 359 g/mol. The van der Waals surface area contributed by atoms with Gasteiger partial charge in [0.1, 0.15) is 5.57 Å². The summed E-state index contributed by atoms with van der Waals surface area (Å²) in [5, 5.41) is 1.60. The molecule has 0 bridgehead atoms. The van der Waals surface area contributed by atoms with Gasteiger partial charge in [-0.2, -0.15) is 0 Å². The van der Waals surface area contributed by atoms with Gasteiger partial charge in [-0.1, -0.05) is 29.8 Å². The van der Waals surface area contributed by atoms with Crippen molar-refractivity contribution in [2.75, 3.05) is 19.2 Å². The molecule has 128 valence electrons. The van der Waals surface area contributed by atoms with E-state index in [0.29, 0.717) is 27.8 Å². The molecule has 1 saturated heterocycles. The number of hydrogen-bond donors (Lipinski definition) is 1. The molecular weight excluding hydrogens is 344 g/mol. The summed E-state index contributed by atoms with van der Waals surface area (Å²) in [5.41, 5.74) is 3.56. The number of hydrazine groups is 1. The van der Waals surface area contributed by atoms with Crippen molar-refractivity contribution < 1.29 is 19.1 Å². The van der Waals surface area contributed by atoms with Gasteiger partial charge in [-0.25, -0.2) is 5.01 Å². The van der Waals surface area contributed by atoms with Crippen molar-refractivity contribution >= 4 is 35.2 Å². The molecule has 1 heterocycles. The van der Waals surface area contributed by atoms with Gasteiger partial charge in [0, 0.05) is 16.7 Å². The molecule has 1 fully saturated rings. The lowest BCUT2D eigenvalue weighted by molar-refractivity contribution is -0.117. The monoisotopic (exact) mass is 358 g/mol. The first-order chi connectivity index (χ1) is 12.0. The minimum Gasteiger partial charge on any atom is -0.493 e. The van der Waals surface area contributed by atoms with Crippen LogP contribution < -0.4 is 19.9 Å². The molecule has 1 aliphatic heterocycles. The number of anilines is 1. The van der Waals surface area contributed by atoms with E-state index in [0.717, 1.165) is 0 Å². The van der Waals surface area contributed by atoms with Crippen molar-refractivity contribution in [1.82, 2.24) is 5.43 Å². The molecule has 1 aliphatic rings. The van der Waals surface area contributed by atoms with Gasteiger partial charge in [0.25, 0.3) is 11.8 Å². The van der Waals surface area contributed by atoms with Gasteiger partial charge in [0.15, 0.2) is 11.5 Å². The number of benzene rings is 2. The van der Waals surface area contributed by atoms with Crippen LogP contribution in [0.5, 0.6) is 11.5 Å². The molecule has 0 saturated carbocycles. The van der Waals surface area contributed by atoms with Crippen molar-refractivity contribution in [2.24, 2.45) is 0 Å². The molecule has 1 N–H and O–H groups in total. The maximum absolute atomic E-state index is 12.6. The first kappa shape index (κ1) is 16.9. The van der Waals surface area contributed by atoms with Gasteiger partial charge < -0.3 is 9.47 Å². The molecule has 6 nitrogen and oxygen atoms in total. The largest absolute Gasteiger partial charge is 0.493 e. The highest BCUT2D eigenvalue weighted by Gasteiger charge is 2.34. The normalized spacial score (nSPS) is 15.5. The second-order valence-corrected chi connectivity index (χ2v) is 5.64. The van der Waals surface area contributed by atoms with E-state index in [-0.39, 0.29) is 5.57 Å². The van der Waals surface area contributed by atoms with Crippen molar-refractivity contribution in [3.63, 3.8) is 0 Å². The zero-order chi connectivity index (χ0) is 18.0. The number of hydrogen-bond acceptors (Lipinski definition) is 4. The Morgan fingerprint density at radius 3 is 2.44 bits per heavy atom. The number of amides is 2. The number of ether oxygens (including phenoxy) is 2. The number of nitrogens with one attached hydrogen (secondary N) is 1. The Morgan fingerprint density at radius 2 is 1.80 bits per heavy atom. The Kier molecular flexibility index (Phi) is 4.63. The number of carbonyl (C=O) groups excluding carboxylic acids is 2. The fourth-order valence-corrected chi connectivity index (χ4v) is 2.75. The van der Waals surface area contributed by atoms with Crippen LogP contribution in [0.4, 0.5) is 5.69 Å². The Balaban J connectivity index is 2.03. The van der Waals surface area contributed by atoms with Crippen LogP contribution in [0.2, 0.25) is 5.02 Å². The molecule has 7 heteroatoms. The van der Waals surface area contributed by atoms with Crippen LogP contribution >= 0.6 is 11.6 Å². The first-order valence-corrected chi connectivity index (χ1v) is 7.76. The van der Waals surface area contributed by atoms with Crippen LogP contribution in [0, 0.1) is 0 Å². The zero-order valence-corrected chi connectivity index (χ0v) is 14.3. The van der Waals surface area contributed by atoms with Crippen molar-refractivity contribution in [3.05, 3.63) is 58.6 Å². The number of carbonyl (C=O) groups is 2. The first-order valence-electron chi connectivity index (χ1n) is 7.39. The predicted molar refractivity (Wildman–Crippen MR) is 94.6 cm³/mol. The third-order valence-electron chi connectivity index (χ3n) is 3.68. The van der Waals surface area contributed by atoms with Crippen LogP contribution in [-0.4, -0.2) is 26.0 Å². The molecule has 3 rings (SSSR count). The summed E-state index contributed by atoms with van der Waals surface area (Å²) in [6, 6.07) is 12.0. The summed E-state index contributed by atoms with van der Waals surface area (Å²) in [7, 11) is 2.95. The van der Waals surface area contributed by atoms with Crippen molar-refractivity contribution in [1.29, 1.82) is 0 Å². The van der Waals surface area contributed by atoms with Gasteiger partial charge in [-0.3, -0.25) is 15.0 Å². The molecule has 2 aromatic carbocycles. The Labute approximate surface area is 149 Å². The van der Waals surface area contributed by atoms with E-state index < -0.39 is 11.8 Å². The molecule has 0 spiro atoms. The van der Waals surface area contributed by atoms with Crippen molar-refractivity contribution in [2.45, 2.75) is 0 Å². The molecule has 0 unspecified atom stereocenters. The highest BCUT2D eigenvalue weighted by Crippen LogP contribution is 2.36. The van der Waals surface area contributed by atoms with E-state index in [1.54, 1.807) is 36.4 Å². The summed E-state index contributed by atoms with van der Waals surface area (Å²) in [6.45, 7) is 0. The Bertz CT molecular complexity index is 865. The van der Waals surface area contributed by atoms with E-state index in [1.807, 2.05) is 6.07 Å². The number of methoxy groups -OCH3 is 2. The molecule has 0 aromatic heterocycles. The van der Waals surface area contributed by atoms with Crippen molar-refractivity contribution in [3.8, 4) is 11.5 Å². The number of halogens is 1. The van der Waals surface area contributed by atoms with Crippen LogP contribution in [-0.2, 0) is 9.59 Å². The van der Waals surface area contributed by atoms with E-state index in [4.69, 9.17) is 21.1 Å². The van der Waals surface area contributed by atoms with Gasteiger partial charge in [0.2, 0.25) is 0 Å². The second kappa shape index (κ2) is 6.86. The Morgan fingerprint density at radius 1 is 1.08 bits per heavy atom. The van der Waals surface area contributed by atoms with Crippen LogP contribution in [0.3, 0.4) is 0 Å². The molecule has 25 heavy (non-hydrogen) atoms. The molecule has 0 radical (unpaired) electrons. The number of nitrogens with zero attached hydrogens (tertiary/aromatic N) is 1. The van der Waals surface area contributed by atoms with E-state index in [2.05, 4.69) is 5.43 Å². The van der Waals surface area contributed by atoms with E-state index in [1.165, 1.54) is 25.3 Å². The maximum Gasteiger partial charge on any atom is 0.282 e. The van der Waals surface area contributed by atoms with Gasteiger partial charge in [-0.05, 0) is 24.3 Å². The highest BCUT2D eigenvalue weighted by atomic mass is 35.5. The maximum atomic E-state index is 12.6. The third kappa shape index (κ3) is 3.16. The quantitative estimate of drug-likeness (QED) is 0.674. The second-order valence-electron chi connectivity index (χ2n) is 5.21. The Hall–Kier alpha value is -2.99. The topological polar surface area (TPSA) is 67.9 Å². The summed E-state index contributed by atoms with van der Waals surface area (Å²) in [4.78, 5) is 24.9. The smallest absolute Gasteiger partial charge is 0.282 e. The lowest BCUT2D eigenvalue weighted by atomic mass is 10.1. The fraction of sp³-hybridized carbons (Fsp3) is 0.111. The van der Waals surface area contributed by atoms with Gasteiger partial charge in [0.05, 0.1) is 19.9 Å². The van der Waals surface area contributed by atoms with E-state index >= 15 is 0 Å². The summed E-state index contributed by atoms with van der Waals surface area (Å²) >= 11 is 6.08. The van der Waals surface area contributed by atoms with Crippen LogP contribution in [0.15, 0.2) is 48.0 Å².